The van der Waals surface area contributed by atoms with Crippen LogP contribution in [0.25, 0.3) is 0 Å². The predicted molar refractivity (Wildman–Crippen MR) is 130 cm³/mol. The summed E-state index contributed by atoms with van der Waals surface area (Å²) < 4.78 is 0. The lowest BCUT2D eigenvalue weighted by Gasteiger charge is -2.21. The second kappa shape index (κ2) is 10.2. The van der Waals surface area contributed by atoms with Gasteiger partial charge in [0.25, 0.3) is 0 Å². The van der Waals surface area contributed by atoms with E-state index in [1.807, 2.05) is 74.8 Å². The van der Waals surface area contributed by atoms with E-state index in [2.05, 4.69) is 26.7 Å². The van der Waals surface area contributed by atoms with Crippen molar-refractivity contribution in [2.45, 2.75) is 6.54 Å². The van der Waals surface area contributed by atoms with Gasteiger partial charge >= 0.3 is 0 Å². The van der Waals surface area contributed by atoms with Gasteiger partial charge in [-0.25, -0.2) is 0 Å². The molecule has 3 rings (SSSR count). The van der Waals surface area contributed by atoms with E-state index in [9.17, 15) is 10.2 Å². The van der Waals surface area contributed by atoms with Crippen molar-refractivity contribution in [3.8, 4) is 11.5 Å². The lowest BCUT2D eigenvalue weighted by atomic mass is 10.2. The number of phenols is 2. The first-order valence-corrected chi connectivity index (χ1v) is 10.1. The van der Waals surface area contributed by atoms with Gasteiger partial charge < -0.3 is 25.7 Å². The Morgan fingerprint density at radius 2 is 1.71 bits per heavy atom. The number of hydrazone groups is 1. The van der Waals surface area contributed by atoms with Crippen LogP contribution in [0.3, 0.4) is 0 Å². The van der Waals surface area contributed by atoms with Crippen molar-refractivity contribution < 1.29 is 10.2 Å². The summed E-state index contributed by atoms with van der Waals surface area (Å²) in [5, 5.41) is 32.1. The number of nitrogens with zero attached hydrogens (tertiary/aromatic N) is 3. The van der Waals surface area contributed by atoms with E-state index in [0.29, 0.717) is 18.7 Å². The Morgan fingerprint density at radius 3 is 2.42 bits per heavy atom. The Labute approximate surface area is 183 Å². The SMILES string of the molecule is CNc1ccccc1N(C)C/C=N/N(C)c1ccc(NCc2ccc(O)cc2O)cc1. The van der Waals surface area contributed by atoms with Gasteiger partial charge in [0.15, 0.2) is 0 Å². The number of para-hydroxylation sites is 2. The quantitative estimate of drug-likeness (QED) is 0.306. The lowest BCUT2D eigenvalue weighted by molar-refractivity contribution is 0.446. The maximum atomic E-state index is 9.88. The molecule has 0 radical (unpaired) electrons. The normalized spacial score (nSPS) is 10.8. The van der Waals surface area contributed by atoms with E-state index in [4.69, 9.17) is 0 Å². The van der Waals surface area contributed by atoms with Crippen LogP contribution in [0.4, 0.5) is 22.7 Å². The van der Waals surface area contributed by atoms with E-state index >= 15 is 0 Å². The van der Waals surface area contributed by atoms with Gasteiger partial charge in [-0.15, -0.1) is 0 Å². The zero-order chi connectivity index (χ0) is 22.2. The van der Waals surface area contributed by atoms with Gasteiger partial charge in [0.05, 0.1) is 23.6 Å². The molecule has 0 saturated carbocycles. The Kier molecular flexibility index (Phi) is 7.22. The minimum Gasteiger partial charge on any atom is -0.508 e. The Hall–Kier alpha value is -3.87. The van der Waals surface area contributed by atoms with Gasteiger partial charge in [-0.05, 0) is 48.5 Å². The molecule has 31 heavy (non-hydrogen) atoms. The predicted octanol–water partition coefficient (Wildman–Crippen LogP) is 4.31. The van der Waals surface area contributed by atoms with Crippen LogP contribution in [0.5, 0.6) is 11.5 Å². The van der Waals surface area contributed by atoms with Crippen molar-refractivity contribution in [1.82, 2.24) is 0 Å². The van der Waals surface area contributed by atoms with Gasteiger partial charge in [0.1, 0.15) is 11.5 Å². The fourth-order valence-electron chi connectivity index (χ4n) is 3.16. The molecule has 0 aromatic heterocycles. The molecule has 0 fully saturated rings. The van der Waals surface area contributed by atoms with Crippen LogP contribution < -0.4 is 20.5 Å². The van der Waals surface area contributed by atoms with E-state index < -0.39 is 0 Å². The van der Waals surface area contributed by atoms with Crippen LogP contribution in [0.15, 0.2) is 71.8 Å². The van der Waals surface area contributed by atoms with Crippen molar-refractivity contribution in [2.24, 2.45) is 5.10 Å². The summed E-state index contributed by atoms with van der Waals surface area (Å²) in [5.41, 5.74) is 4.81. The number of aromatic hydroxyl groups is 2. The highest BCUT2D eigenvalue weighted by Crippen LogP contribution is 2.25. The minimum atomic E-state index is 0.0478. The molecule has 0 aliphatic heterocycles. The van der Waals surface area contributed by atoms with Crippen molar-refractivity contribution in [3.63, 3.8) is 0 Å². The minimum absolute atomic E-state index is 0.0478. The molecule has 4 N–H and O–H groups in total. The summed E-state index contributed by atoms with van der Waals surface area (Å²) in [5.74, 6) is 0.118. The van der Waals surface area contributed by atoms with Crippen molar-refractivity contribution >= 4 is 29.0 Å². The van der Waals surface area contributed by atoms with Crippen LogP contribution >= 0.6 is 0 Å². The van der Waals surface area contributed by atoms with E-state index in [0.717, 1.165) is 22.7 Å². The average molecular weight is 420 g/mol. The zero-order valence-electron chi connectivity index (χ0n) is 18.1. The number of phenolic OH excluding ortho intramolecular Hbond substituents is 2. The monoisotopic (exact) mass is 419 g/mol. The summed E-state index contributed by atoms with van der Waals surface area (Å²) in [6.07, 6.45) is 1.88. The van der Waals surface area contributed by atoms with E-state index in [1.54, 1.807) is 12.1 Å². The maximum Gasteiger partial charge on any atom is 0.124 e. The highest BCUT2D eigenvalue weighted by molar-refractivity contribution is 5.74. The first kappa shape index (κ1) is 21.8. The summed E-state index contributed by atoms with van der Waals surface area (Å²) in [6.45, 7) is 1.14. The molecule has 162 valence electrons. The molecule has 0 aliphatic carbocycles. The van der Waals surface area contributed by atoms with Crippen molar-refractivity contribution in [1.29, 1.82) is 0 Å². The summed E-state index contributed by atoms with van der Waals surface area (Å²) >= 11 is 0. The van der Waals surface area contributed by atoms with Gasteiger partial charge in [0, 0.05) is 51.2 Å². The number of anilines is 4. The second-order valence-electron chi connectivity index (χ2n) is 7.18. The third-order valence-corrected chi connectivity index (χ3v) is 4.99. The van der Waals surface area contributed by atoms with Crippen LogP contribution in [0, 0.1) is 0 Å². The molecule has 3 aromatic rings. The van der Waals surface area contributed by atoms with Crippen LogP contribution in [0.1, 0.15) is 5.56 Å². The summed E-state index contributed by atoms with van der Waals surface area (Å²) in [4.78, 5) is 2.13. The average Bonchev–Trinajstić information content (AvgIpc) is 2.78. The van der Waals surface area contributed by atoms with E-state index in [1.165, 1.54) is 6.07 Å². The van der Waals surface area contributed by atoms with E-state index in [-0.39, 0.29) is 11.5 Å². The third kappa shape index (κ3) is 5.82. The highest BCUT2D eigenvalue weighted by Gasteiger charge is 2.05. The molecule has 0 saturated heterocycles. The lowest BCUT2D eigenvalue weighted by Crippen LogP contribution is -2.22. The van der Waals surface area contributed by atoms with Crippen LogP contribution in [0.2, 0.25) is 0 Å². The molecule has 7 heteroatoms. The molecule has 0 spiro atoms. The highest BCUT2D eigenvalue weighted by atomic mass is 16.3. The third-order valence-electron chi connectivity index (χ3n) is 4.99. The van der Waals surface area contributed by atoms with Gasteiger partial charge in [-0.3, -0.25) is 5.01 Å². The first-order chi connectivity index (χ1) is 15.0. The fourth-order valence-corrected chi connectivity index (χ4v) is 3.16. The number of hydrogen-bond donors (Lipinski definition) is 4. The molecule has 3 aromatic carbocycles. The fraction of sp³-hybridized carbons (Fsp3) is 0.208. The number of rotatable bonds is 9. The van der Waals surface area contributed by atoms with Gasteiger partial charge in [-0.2, -0.15) is 5.10 Å². The molecule has 0 unspecified atom stereocenters. The Balaban J connectivity index is 1.54. The number of benzene rings is 3. The Morgan fingerprint density at radius 1 is 0.968 bits per heavy atom. The Bertz CT molecular complexity index is 1020. The number of hydrogen-bond acceptors (Lipinski definition) is 7. The van der Waals surface area contributed by atoms with Crippen LogP contribution in [-0.2, 0) is 6.54 Å². The van der Waals surface area contributed by atoms with Gasteiger partial charge in [-0.1, -0.05) is 12.1 Å². The standard InChI is InChI=1S/C24H29N5O2/c1-25-22-6-4-5-7-23(22)28(2)15-14-27-29(3)20-11-9-19(10-12-20)26-17-18-8-13-21(30)16-24(18)31/h4-14,16,25-26,30-31H,15,17H2,1-3H3/b27-14+. The van der Waals surface area contributed by atoms with Gasteiger partial charge in [0.2, 0.25) is 0 Å². The summed E-state index contributed by atoms with van der Waals surface area (Å²) in [6, 6.07) is 20.6. The molecule has 7 nitrogen and oxygen atoms in total. The smallest absolute Gasteiger partial charge is 0.124 e. The number of nitrogens with one attached hydrogen (secondary N) is 2. The molecule has 0 bridgehead atoms. The molecular formula is C24H29N5O2. The zero-order valence-corrected chi connectivity index (χ0v) is 18.1. The largest absolute Gasteiger partial charge is 0.508 e. The van der Waals surface area contributed by atoms with Crippen molar-refractivity contribution in [3.05, 3.63) is 72.3 Å². The topological polar surface area (TPSA) is 83.4 Å². The molecule has 0 heterocycles. The molecule has 0 aliphatic rings. The maximum absolute atomic E-state index is 9.88. The summed E-state index contributed by atoms with van der Waals surface area (Å²) in [7, 11) is 5.87. The van der Waals surface area contributed by atoms with Crippen LogP contribution in [-0.4, -0.2) is 44.1 Å². The molecule has 0 atom stereocenters. The van der Waals surface area contributed by atoms with Crippen molar-refractivity contribution in [2.75, 3.05) is 48.2 Å². The molecular weight excluding hydrogens is 390 g/mol. The molecule has 0 amide bonds. The first-order valence-electron chi connectivity index (χ1n) is 10.1. The second-order valence-corrected chi connectivity index (χ2v) is 7.18.